The van der Waals surface area contributed by atoms with Gasteiger partial charge < -0.3 is 19.4 Å². The molecule has 1 aromatic carbocycles. The first kappa shape index (κ1) is 14.2. The molecule has 0 aliphatic carbocycles. The van der Waals surface area contributed by atoms with Crippen LogP contribution in [-0.2, 0) is 0 Å². The highest BCUT2D eigenvalue weighted by Crippen LogP contribution is 2.38. The molecule has 23 heavy (non-hydrogen) atoms. The van der Waals surface area contributed by atoms with Crippen LogP contribution in [-0.4, -0.2) is 35.5 Å². The summed E-state index contributed by atoms with van der Waals surface area (Å²) in [6.07, 6.45) is 4.68. The number of benzene rings is 1. The van der Waals surface area contributed by atoms with Crippen molar-refractivity contribution in [1.29, 1.82) is 0 Å². The maximum atomic E-state index is 12.7. The molecule has 3 heterocycles. The molecule has 0 saturated carbocycles. The SMILES string of the molecule is O=C(c1ccc[nH]1)N1CCC[C@H]1c1ccc2c(c1)OCCCO2. The maximum Gasteiger partial charge on any atom is 0.270 e. The van der Waals surface area contributed by atoms with Crippen LogP contribution in [0, 0.1) is 0 Å². The first-order chi connectivity index (χ1) is 11.3. The summed E-state index contributed by atoms with van der Waals surface area (Å²) >= 11 is 0. The smallest absolute Gasteiger partial charge is 0.270 e. The largest absolute Gasteiger partial charge is 0.490 e. The normalized spacial score (nSPS) is 20.3. The summed E-state index contributed by atoms with van der Waals surface area (Å²) in [6, 6.07) is 9.83. The number of rotatable bonds is 2. The molecule has 5 heteroatoms. The van der Waals surface area contributed by atoms with Gasteiger partial charge >= 0.3 is 0 Å². The molecule has 1 fully saturated rings. The topological polar surface area (TPSA) is 54.6 Å². The van der Waals surface area contributed by atoms with E-state index in [1.807, 2.05) is 29.2 Å². The number of H-pyrrole nitrogens is 1. The average molecular weight is 312 g/mol. The van der Waals surface area contributed by atoms with E-state index in [0.29, 0.717) is 18.9 Å². The zero-order valence-electron chi connectivity index (χ0n) is 13.0. The van der Waals surface area contributed by atoms with Gasteiger partial charge in [0.15, 0.2) is 11.5 Å². The fraction of sp³-hybridized carbons (Fsp3) is 0.389. The number of likely N-dealkylation sites (tertiary alicyclic amines) is 1. The van der Waals surface area contributed by atoms with Gasteiger partial charge in [0, 0.05) is 19.2 Å². The van der Waals surface area contributed by atoms with Crippen molar-refractivity contribution in [3.05, 3.63) is 47.8 Å². The van der Waals surface area contributed by atoms with Crippen LogP contribution in [0.1, 0.15) is 41.4 Å². The lowest BCUT2D eigenvalue weighted by Crippen LogP contribution is -2.30. The van der Waals surface area contributed by atoms with Crippen LogP contribution < -0.4 is 9.47 Å². The second kappa shape index (κ2) is 5.99. The summed E-state index contributed by atoms with van der Waals surface area (Å²) in [6.45, 7) is 2.15. The van der Waals surface area contributed by atoms with Gasteiger partial charge in [0.25, 0.3) is 5.91 Å². The lowest BCUT2D eigenvalue weighted by molar-refractivity contribution is 0.0730. The summed E-state index contributed by atoms with van der Waals surface area (Å²) in [5.41, 5.74) is 1.76. The van der Waals surface area contributed by atoms with E-state index in [1.54, 1.807) is 6.20 Å². The van der Waals surface area contributed by atoms with Gasteiger partial charge in [0.05, 0.1) is 19.3 Å². The Balaban J connectivity index is 1.61. The molecule has 1 aromatic heterocycles. The summed E-state index contributed by atoms with van der Waals surface area (Å²) in [7, 11) is 0. The first-order valence-electron chi connectivity index (χ1n) is 8.17. The van der Waals surface area contributed by atoms with Gasteiger partial charge in [-0.2, -0.15) is 0 Å². The molecule has 2 aromatic rings. The highest BCUT2D eigenvalue weighted by molar-refractivity contribution is 5.92. The maximum absolute atomic E-state index is 12.7. The summed E-state index contributed by atoms with van der Waals surface area (Å²) < 4.78 is 11.5. The Labute approximate surface area is 135 Å². The van der Waals surface area contributed by atoms with E-state index in [2.05, 4.69) is 11.1 Å². The molecule has 2 aliphatic rings. The summed E-state index contributed by atoms with van der Waals surface area (Å²) in [5.74, 6) is 1.65. The van der Waals surface area contributed by atoms with E-state index >= 15 is 0 Å². The number of aromatic nitrogens is 1. The third-order valence-electron chi connectivity index (χ3n) is 4.50. The molecule has 4 rings (SSSR count). The van der Waals surface area contributed by atoms with E-state index < -0.39 is 0 Å². The molecule has 1 amide bonds. The standard InChI is InChI=1S/C18H20N2O3/c21-18(14-4-1-8-19-14)20-9-2-5-15(20)13-6-7-16-17(12-13)23-11-3-10-22-16/h1,4,6-8,12,15,19H,2-3,5,9-11H2/t15-/m0/s1. The van der Waals surface area contributed by atoms with Crippen LogP contribution in [0.2, 0.25) is 0 Å². The minimum absolute atomic E-state index is 0.0598. The quantitative estimate of drug-likeness (QED) is 0.927. The molecule has 0 unspecified atom stereocenters. The fourth-order valence-corrected chi connectivity index (χ4v) is 3.36. The minimum Gasteiger partial charge on any atom is -0.490 e. The van der Waals surface area contributed by atoms with Gasteiger partial charge in [-0.15, -0.1) is 0 Å². The van der Waals surface area contributed by atoms with Crippen LogP contribution in [0.3, 0.4) is 0 Å². The molecule has 120 valence electrons. The monoisotopic (exact) mass is 312 g/mol. The Morgan fingerprint density at radius 3 is 2.83 bits per heavy atom. The highest BCUT2D eigenvalue weighted by Gasteiger charge is 2.31. The van der Waals surface area contributed by atoms with Crippen molar-refractivity contribution >= 4 is 5.91 Å². The van der Waals surface area contributed by atoms with Crippen molar-refractivity contribution in [2.75, 3.05) is 19.8 Å². The predicted octanol–water partition coefficient (Wildman–Crippen LogP) is 3.15. The van der Waals surface area contributed by atoms with Crippen molar-refractivity contribution < 1.29 is 14.3 Å². The Kier molecular flexibility index (Phi) is 3.69. The second-order valence-electron chi connectivity index (χ2n) is 6.00. The van der Waals surface area contributed by atoms with Crippen LogP contribution in [0.25, 0.3) is 0 Å². The number of nitrogens with zero attached hydrogens (tertiary/aromatic N) is 1. The number of hydrogen-bond acceptors (Lipinski definition) is 3. The number of nitrogens with one attached hydrogen (secondary N) is 1. The molecule has 1 atom stereocenters. The van der Waals surface area contributed by atoms with Crippen LogP contribution in [0.5, 0.6) is 11.5 Å². The number of carbonyl (C=O) groups is 1. The molecule has 5 nitrogen and oxygen atoms in total. The number of hydrogen-bond donors (Lipinski definition) is 1. The van der Waals surface area contributed by atoms with Crippen LogP contribution in [0.15, 0.2) is 36.5 Å². The lowest BCUT2D eigenvalue weighted by Gasteiger charge is -2.25. The Hall–Kier alpha value is -2.43. The molecule has 0 bridgehead atoms. The van der Waals surface area contributed by atoms with Gasteiger partial charge in [0.2, 0.25) is 0 Å². The summed E-state index contributed by atoms with van der Waals surface area (Å²) in [4.78, 5) is 17.6. The van der Waals surface area contributed by atoms with Crippen LogP contribution >= 0.6 is 0 Å². The van der Waals surface area contributed by atoms with E-state index in [-0.39, 0.29) is 11.9 Å². The Bertz CT molecular complexity index is 696. The Morgan fingerprint density at radius 1 is 1.13 bits per heavy atom. The van der Waals surface area contributed by atoms with Crippen molar-refractivity contribution in [1.82, 2.24) is 9.88 Å². The van der Waals surface area contributed by atoms with Crippen molar-refractivity contribution in [3.63, 3.8) is 0 Å². The molecule has 2 aliphatic heterocycles. The molecule has 1 N–H and O–H groups in total. The number of amides is 1. The number of aromatic amines is 1. The van der Waals surface area contributed by atoms with E-state index in [9.17, 15) is 4.79 Å². The zero-order chi connectivity index (χ0) is 15.6. The average Bonchev–Trinajstić information content (AvgIpc) is 3.22. The van der Waals surface area contributed by atoms with Gasteiger partial charge in [-0.25, -0.2) is 0 Å². The van der Waals surface area contributed by atoms with Gasteiger partial charge in [-0.1, -0.05) is 6.07 Å². The van der Waals surface area contributed by atoms with E-state index in [0.717, 1.165) is 42.9 Å². The van der Waals surface area contributed by atoms with E-state index in [4.69, 9.17) is 9.47 Å². The number of ether oxygens (including phenoxy) is 2. The molecule has 0 radical (unpaired) electrons. The zero-order valence-corrected chi connectivity index (χ0v) is 13.0. The van der Waals surface area contributed by atoms with Crippen molar-refractivity contribution in [2.24, 2.45) is 0 Å². The van der Waals surface area contributed by atoms with Crippen molar-refractivity contribution in [2.45, 2.75) is 25.3 Å². The van der Waals surface area contributed by atoms with Gasteiger partial charge in [-0.05, 0) is 42.7 Å². The van der Waals surface area contributed by atoms with Crippen LogP contribution in [0.4, 0.5) is 0 Å². The third kappa shape index (κ3) is 2.67. The number of fused-ring (bicyclic) bond motifs is 1. The highest BCUT2D eigenvalue weighted by atomic mass is 16.5. The van der Waals surface area contributed by atoms with Gasteiger partial charge in [-0.3, -0.25) is 4.79 Å². The fourth-order valence-electron chi connectivity index (χ4n) is 3.36. The van der Waals surface area contributed by atoms with Crippen molar-refractivity contribution in [3.8, 4) is 11.5 Å². The summed E-state index contributed by atoms with van der Waals surface area (Å²) in [5, 5.41) is 0. The molecular weight excluding hydrogens is 292 g/mol. The first-order valence-corrected chi connectivity index (χ1v) is 8.17. The van der Waals surface area contributed by atoms with E-state index in [1.165, 1.54) is 0 Å². The predicted molar refractivity (Wildman–Crippen MR) is 85.9 cm³/mol. The minimum atomic E-state index is 0.0598. The molecule has 1 saturated heterocycles. The number of carbonyl (C=O) groups excluding carboxylic acids is 1. The molecule has 0 spiro atoms. The second-order valence-corrected chi connectivity index (χ2v) is 6.00. The van der Waals surface area contributed by atoms with Gasteiger partial charge in [0.1, 0.15) is 5.69 Å². The third-order valence-corrected chi connectivity index (χ3v) is 4.50. The molecular formula is C18H20N2O3. The Morgan fingerprint density at radius 2 is 2.00 bits per heavy atom. The lowest BCUT2D eigenvalue weighted by atomic mass is 10.0.